The number of likely N-dealkylation sites (N-methyl/N-ethyl adjacent to an activating group) is 1. The number of aliphatic hydroxyl groups is 1. The molecule has 112 valence electrons. The normalized spacial score (nSPS) is 26.4. The number of nitrogens with zero attached hydrogens (tertiary/aromatic N) is 1. The first-order valence-corrected chi connectivity index (χ1v) is 7.91. The van der Waals surface area contributed by atoms with E-state index in [0.717, 1.165) is 32.2 Å². The molecule has 3 rings (SSSR count). The molecule has 0 spiro atoms. The van der Waals surface area contributed by atoms with Crippen LogP contribution in [-0.2, 0) is 5.41 Å². The highest BCUT2D eigenvalue weighted by molar-refractivity contribution is 5.83. The van der Waals surface area contributed by atoms with E-state index in [1.807, 2.05) is 0 Å². The van der Waals surface area contributed by atoms with E-state index in [-0.39, 0.29) is 11.5 Å². The summed E-state index contributed by atoms with van der Waals surface area (Å²) in [6.45, 7) is 1.05. The lowest BCUT2D eigenvalue weighted by atomic mass is 9.68. The van der Waals surface area contributed by atoms with Crippen molar-refractivity contribution in [3.63, 3.8) is 0 Å². The van der Waals surface area contributed by atoms with Crippen LogP contribution in [0, 0.1) is 0 Å². The van der Waals surface area contributed by atoms with Crippen LogP contribution in [0.4, 0.5) is 0 Å². The van der Waals surface area contributed by atoms with Crippen molar-refractivity contribution < 1.29 is 5.11 Å². The monoisotopic (exact) mass is 283 g/mol. The number of aliphatic hydroxyl groups excluding tert-OH is 1. The lowest BCUT2D eigenvalue weighted by molar-refractivity contribution is 0.0843. The Labute approximate surface area is 127 Å². The van der Waals surface area contributed by atoms with Gasteiger partial charge in [0.15, 0.2) is 0 Å². The van der Waals surface area contributed by atoms with E-state index < -0.39 is 0 Å². The van der Waals surface area contributed by atoms with E-state index in [1.54, 1.807) is 0 Å². The molecule has 1 saturated carbocycles. The van der Waals surface area contributed by atoms with Crippen LogP contribution in [0.1, 0.15) is 31.2 Å². The smallest absolute Gasteiger partial charge is 0.0541 e. The molecule has 1 fully saturated rings. The summed E-state index contributed by atoms with van der Waals surface area (Å²) in [6.07, 6.45) is 3.87. The Hall–Kier alpha value is -1.38. The molecule has 0 bridgehead atoms. The zero-order chi connectivity index (χ0) is 14.9. The molecular formula is C19H25NO. The molecule has 1 aliphatic rings. The standard InChI is InChI=1S/C19H25NO/c1-20(2)14-19(11-9-18(21)10-12-19)17-8-7-15-5-3-4-6-16(15)13-17/h3-8,13,18,21H,9-12,14H2,1-2H3/t18-,19+. The van der Waals surface area contributed by atoms with Gasteiger partial charge < -0.3 is 10.0 Å². The maximum Gasteiger partial charge on any atom is 0.0541 e. The second-order valence-electron chi connectivity index (χ2n) is 6.81. The maximum atomic E-state index is 9.88. The van der Waals surface area contributed by atoms with Gasteiger partial charge in [-0.3, -0.25) is 0 Å². The summed E-state index contributed by atoms with van der Waals surface area (Å²) in [6, 6.07) is 15.5. The molecule has 0 heterocycles. The van der Waals surface area contributed by atoms with Crippen molar-refractivity contribution in [1.29, 1.82) is 0 Å². The predicted octanol–water partition coefficient (Wildman–Crippen LogP) is 3.57. The Balaban J connectivity index is 2.01. The van der Waals surface area contributed by atoms with Crippen LogP contribution in [0.5, 0.6) is 0 Å². The van der Waals surface area contributed by atoms with Gasteiger partial charge in [-0.05, 0) is 56.1 Å². The Morgan fingerprint density at radius 1 is 1.05 bits per heavy atom. The second-order valence-corrected chi connectivity index (χ2v) is 6.81. The van der Waals surface area contributed by atoms with Gasteiger partial charge in [-0.1, -0.05) is 42.5 Å². The third-order valence-electron chi connectivity index (χ3n) is 4.89. The van der Waals surface area contributed by atoms with E-state index in [4.69, 9.17) is 0 Å². The van der Waals surface area contributed by atoms with Crippen LogP contribution in [0.15, 0.2) is 42.5 Å². The fourth-order valence-electron chi connectivity index (χ4n) is 3.82. The minimum Gasteiger partial charge on any atom is -0.393 e. The van der Waals surface area contributed by atoms with E-state index in [1.165, 1.54) is 16.3 Å². The van der Waals surface area contributed by atoms with Crippen molar-refractivity contribution >= 4 is 10.8 Å². The molecule has 1 N–H and O–H groups in total. The SMILES string of the molecule is CN(C)C[C@]1(c2ccc3ccccc3c2)CC[C@@H](O)CC1. The summed E-state index contributed by atoms with van der Waals surface area (Å²) in [5, 5.41) is 12.5. The molecule has 0 radical (unpaired) electrons. The Bertz CT molecular complexity index is 612. The van der Waals surface area contributed by atoms with Crippen LogP contribution < -0.4 is 0 Å². The van der Waals surface area contributed by atoms with Gasteiger partial charge in [-0.25, -0.2) is 0 Å². The van der Waals surface area contributed by atoms with E-state index in [9.17, 15) is 5.11 Å². The molecule has 0 atom stereocenters. The van der Waals surface area contributed by atoms with Crippen molar-refractivity contribution in [1.82, 2.24) is 4.90 Å². The van der Waals surface area contributed by atoms with Gasteiger partial charge in [-0.15, -0.1) is 0 Å². The molecule has 21 heavy (non-hydrogen) atoms. The van der Waals surface area contributed by atoms with Gasteiger partial charge in [-0.2, -0.15) is 0 Å². The molecule has 0 aromatic heterocycles. The van der Waals surface area contributed by atoms with Crippen molar-refractivity contribution in [2.24, 2.45) is 0 Å². The third kappa shape index (κ3) is 2.97. The third-order valence-corrected chi connectivity index (χ3v) is 4.89. The molecule has 0 saturated heterocycles. The molecule has 2 nitrogen and oxygen atoms in total. The number of hydrogen-bond acceptors (Lipinski definition) is 2. The van der Waals surface area contributed by atoms with E-state index >= 15 is 0 Å². The molecule has 1 aliphatic carbocycles. The Kier molecular flexibility index (Phi) is 4.01. The molecule has 2 heteroatoms. The summed E-state index contributed by atoms with van der Waals surface area (Å²) < 4.78 is 0. The van der Waals surface area contributed by atoms with Crippen LogP contribution in [0.3, 0.4) is 0 Å². The summed E-state index contributed by atoms with van der Waals surface area (Å²) in [5.74, 6) is 0. The first-order valence-electron chi connectivity index (χ1n) is 7.91. The summed E-state index contributed by atoms with van der Waals surface area (Å²) in [4.78, 5) is 2.28. The van der Waals surface area contributed by atoms with Gasteiger partial charge in [0.2, 0.25) is 0 Å². The number of rotatable bonds is 3. The molecule has 2 aromatic carbocycles. The van der Waals surface area contributed by atoms with Crippen molar-refractivity contribution in [3.8, 4) is 0 Å². The van der Waals surface area contributed by atoms with Crippen LogP contribution in [0.2, 0.25) is 0 Å². The maximum absolute atomic E-state index is 9.88. The topological polar surface area (TPSA) is 23.5 Å². The van der Waals surface area contributed by atoms with Crippen LogP contribution in [0.25, 0.3) is 10.8 Å². The zero-order valence-corrected chi connectivity index (χ0v) is 13.0. The highest BCUT2D eigenvalue weighted by Crippen LogP contribution is 2.40. The average Bonchev–Trinajstić information content (AvgIpc) is 2.49. The molecule has 0 aliphatic heterocycles. The van der Waals surface area contributed by atoms with Crippen molar-refractivity contribution in [3.05, 3.63) is 48.0 Å². The fraction of sp³-hybridized carbons (Fsp3) is 0.474. The lowest BCUT2D eigenvalue weighted by Crippen LogP contribution is -2.41. The van der Waals surface area contributed by atoms with Crippen LogP contribution in [-0.4, -0.2) is 36.8 Å². The first-order chi connectivity index (χ1) is 10.1. The molecule has 0 amide bonds. The van der Waals surface area contributed by atoms with E-state index in [0.29, 0.717) is 0 Å². The quantitative estimate of drug-likeness (QED) is 0.931. The first kappa shape index (κ1) is 14.6. The van der Waals surface area contributed by atoms with Gasteiger partial charge in [0, 0.05) is 12.0 Å². The van der Waals surface area contributed by atoms with E-state index in [2.05, 4.69) is 61.5 Å². The van der Waals surface area contributed by atoms with Crippen molar-refractivity contribution in [2.75, 3.05) is 20.6 Å². The molecular weight excluding hydrogens is 258 g/mol. The van der Waals surface area contributed by atoms with Gasteiger partial charge >= 0.3 is 0 Å². The summed E-state index contributed by atoms with van der Waals surface area (Å²) in [5.41, 5.74) is 1.62. The van der Waals surface area contributed by atoms with Gasteiger partial charge in [0.1, 0.15) is 0 Å². The lowest BCUT2D eigenvalue weighted by Gasteiger charge is -2.41. The number of benzene rings is 2. The second kappa shape index (κ2) is 5.78. The Morgan fingerprint density at radius 3 is 2.38 bits per heavy atom. The number of hydrogen-bond donors (Lipinski definition) is 1. The minimum atomic E-state index is -0.110. The minimum absolute atomic E-state index is 0.110. The number of fused-ring (bicyclic) bond motifs is 1. The fourth-order valence-corrected chi connectivity index (χ4v) is 3.82. The largest absolute Gasteiger partial charge is 0.393 e. The van der Waals surface area contributed by atoms with Gasteiger partial charge in [0.25, 0.3) is 0 Å². The molecule has 0 unspecified atom stereocenters. The predicted molar refractivity (Wildman–Crippen MR) is 88.7 cm³/mol. The highest BCUT2D eigenvalue weighted by atomic mass is 16.3. The zero-order valence-electron chi connectivity index (χ0n) is 13.0. The van der Waals surface area contributed by atoms with Crippen molar-refractivity contribution in [2.45, 2.75) is 37.2 Å². The Morgan fingerprint density at radius 2 is 1.71 bits per heavy atom. The highest BCUT2D eigenvalue weighted by Gasteiger charge is 2.36. The summed E-state index contributed by atoms with van der Waals surface area (Å²) in [7, 11) is 4.29. The summed E-state index contributed by atoms with van der Waals surface area (Å²) >= 11 is 0. The molecule has 2 aromatic rings. The van der Waals surface area contributed by atoms with Crippen LogP contribution >= 0.6 is 0 Å². The van der Waals surface area contributed by atoms with Gasteiger partial charge in [0.05, 0.1) is 6.10 Å². The average molecular weight is 283 g/mol.